The normalized spacial score (nSPS) is 23.0. The Bertz CT molecular complexity index is 2720. The first-order valence-electron chi connectivity index (χ1n) is 20.8. The van der Waals surface area contributed by atoms with Crippen molar-refractivity contribution in [3.8, 4) is 44.5 Å². The van der Waals surface area contributed by atoms with Crippen LogP contribution in [0.1, 0.15) is 48.3 Å². The van der Waals surface area contributed by atoms with Crippen molar-refractivity contribution in [2.24, 2.45) is 11.8 Å². The Kier molecular flexibility index (Phi) is 7.67. The van der Waals surface area contributed by atoms with Gasteiger partial charge in [0.15, 0.2) is 0 Å². The molecule has 5 unspecified atom stereocenters. The van der Waals surface area contributed by atoms with Gasteiger partial charge in [-0.15, -0.1) is 11.8 Å². The molecule has 0 saturated heterocycles. The van der Waals surface area contributed by atoms with Crippen LogP contribution in [0, 0.1) is 11.8 Å². The summed E-state index contributed by atoms with van der Waals surface area (Å²) >= 11 is 1.99. The van der Waals surface area contributed by atoms with Crippen molar-refractivity contribution in [3.63, 3.8) is 0 Å². The Morgan fingerprint density at radius 2 is 1.09 bits per heavy atom. The molecule has 5 atom stereocenters. The van der Waals surface area contributed by atoms with E-state index in [-0.39, 0.29) is 5.41 Å². The van der Waals surface area contributed by atoms with Gasteiger partial charge in [0.05, 0.1) is 0 Å². The lowest BCUT2D eigenvalue weighted by atomic mass is 9.66. The van der Waals surface area contributed by atoms with E-state index in [4.69, 9.17) is 0 Å². The average Bonchev–Trinajstić information content (AvgIpc) is 4.06. The zero-order chi connectivity index (χ0) is 37.5. The molecule has 1 heterocycles. The molecule has 7 aromatic carbocycles. The predicted octanol–water partition coefficient (Wildman–Crippen LogP) is 14.9. The highest BCUT2D eigenvalue weighted by Gasteiger charge is 2.56. The SMILES string of the molecule is C1=CC2Sc3cc(N(c4ccc(-c5ccccc5)cc4)c4ccc(-c5ccc(-c6ccc7c(c6)C6(CC8CCC6C8)c6ccccc6-7)cc5)cc4)ccc3C2C=C1. The molecule has 1 spiro atoms. The van der Waals surface area contributed by atoms with Crippen molar-refractivity contribution in [1.82, 2.24) is 0 Å². The summed E-state index contributed by atoms with van der Waals surface area (Å²) in [6.45, 7) is 0. The van der Waals surface area contributed by atoms with E-state index in [0.717, 1.165) is 23.2 Å². The maximum Gasteiger partial charge on any atom is 0.0472 e. The number of benzene rings is 7. The number of rotatable bonds is 6. The van der Waals surface area contributed by atoms with E-state index in [2.05, 4.69) is 193 Å². The van der Waals surface area contributed by atoms with Gasteiger partial charge in [-0.25, -0.2) is 0 Å². The fraction of sp³-hybridized carbons (Fsp3) is 0.164. The second kappa shape index (κ2) is 13.1. The Balaban J connectivity index is 0.860. The van der Waals surface area contributed by atoms with Crippen LogP contribution in [-0.2, 0) is 5.41 Å². The molecule has 7 aromatic rings. The van der Waals surface area contributed by atoms with E-state index in [9.17, 15) is 0 Å². The fourth-order valence-corrected chi connectivity index (χ4v) is 12.6. The number of hydrogen-bond donors (Lipinski definition) is 0. The Morgan fingerprint density at radius 3 is 1.79 bits per heavy atom. The molecule has 57 heavy (non-hydrogen) atoms. The Hall–Kier alpha value is -5.83. The minimum Gasteiger partial charge on any atom is -0.310 e. The highest BCUT2D eigenvalue weighted by atomic mass is 32.2. The van der Waals surface area contributed by atoms with E-state index in [1.165, 1.54) is 86.3 Å². The molecule has 0 aromatic heterocycles. The van der Waals surface area contributed by atoms with Crippen LogP contribution in [0.25, 0.3) is 44.5 Å². The Morgan fingerprint density at radius 1 is 0.491 bits per heavy atom. The van der Waals surface area contributed by atoms with E-state index < -0.39 is 0 Å². The lowest BCUT2D eigenvalue weighted by Crippen LogP contribution is -2.31. The molecule has 0 N–H and O–H groups in total. The van der Waals surface area contributed by atoms with E-state index in [0.29, 0.717) is 11.2 Å². The van der Waals surface area contributed by atoms with Crippen LogP contribution in [0.15, 0.2) is 193 Å². The van der Waals surface area contributed by atoms with Gasteiger partial charge < -0.3 is 4.90 Å². The summed E-state index contributed by atoms with van der Waals surface area (Å²) in [4.78, 5) is 3.78. The number of thioether (sulfide) groups is 1. The van der Waals surface area contributed by atoms with Gasteiger partial charge in [0.1, 0.15) is 0 Å². The van der Waals surface area contributed by atoms with E-state index in [1.807, 2.05) is 11.8 Å². The van der Waals surface area contributed by atoms with Crippen LogP contribution in [0.4, 0.5) is 17.1 Å². The molecule has 5 aliphatic rings. The second-order valence-corrected chi connectivity index (χ2v) is 18.0. The molecule has 0 radical (unpaired) electrons. The molecule has 2 heteroatoms. The topological polar surface area (TPSA) is 3.24 Å². The third-order valence-corrected chi connectivity index (χ3v) is 15.2. The third-order valence-electron chi connectivity index (χ3n) is 13.9. The van der Waals surface area contributed by atoms with Crippen LogP contribution < -0.4 is 4.90 Å². The third kappa shape index (κ3) is 5.30. The molecular weight excluding hydrogens is 707 g/mol. The van der Waals surface area contributed by atoms with E-state index >= 15 is 0 Å². The lowest BCUT2D eigenvalue weighted by Gasteiger charge is -2.36. The lowest BCUT2D eigenvalue weighted by molar-refractivity contribution is 0.327. The van der Waals surface area contributed by atoms with Crippen molar-refractivity contribution in [1.29, 1.82) is 0 Å². The van der Waals surface area contributed by atoms with Gasteiger partial charge >= 0.3 is 0 Å². The first-order valence-corrected chi connectivity index (χ1v) is 21.6. The van der Waals surface area contributed by atoms with Gasteiger partial charge in [-0.3, -0.25) is 0 Å². The molecule has 0 amide bonds. The van der Waals surface area contributed by atoms with Gasteiger partial charge in [-0.1, -0.05) is 152 Å². The summed E-state index contributed by atoms with van der Waals surface area (Å²) in [7, 11) is 0. The van der Waals surface area contributed by atoms with Gasteiger partial charge in [-0.05, 0) is 135 Å². The molecule has 1 aliphatic heterocycles. The van der Waals surface area contributed by atoms with Crippen LogP contribution in [-0.4, -0.2) is 5.25 Å². The first kappa shape index (κ1) is 33.3. The minimum absolute atomic E-state index is 0.204. The van der Waals surface area contributed by atoms with Crippen molar-refractivity contribution < 1.29 is 0 Å². The fourth-order valence-electron chi connectivity index (χ4n) is 11.3. The second-order valence-electron chi connectivity index (χ2n) is 16.8. The van der Waals surface area contributed by atoms with E-state index in [1.54, 1.807) is 11.1 Å². The van der Waals surface area contributed by atoms with Gasteiger partial charge in [-0.2, -0.15) is 0 Å². The molecule has 2 saturated carbocycles. The smallest absolute Gasteiger partial charge is 0.0472 e. The number of hydrogen-bond acceptors (Lipinski definition) is 2. The molecular formula is C55H43NS. The predicted molar refractivity (Wildman–Crippen MR) is 240 cm³/mol. The highest BCUT2D eigenvalue weighted by molar-refractivity contribution is 8.00. The quantitative estimate of drug-likeness (QED) is 0.167. The van der Waals surface area contributed by atoms with Crippen molar-refractivity contribution >= 4 is 28.8 Å². The summed E-state index contributed by atoms with van der Waals surface area (Å²) < 4.78 is 0. The first-order chi connectivity index (χ1) is 28.2. The number of allylic oxidation sites excluding steroid dienone is 3. The summed E-state index contributed by atoms with van der Waals surface area (Å²) in [5.74, 6) is 2.10. The zero-order valence-electron chi connectivity index (χ0n) is 31.9. The molecule has 1 nitrogen and oxygen atoms in total. The number of fused-ring (bicyclic) bond motifs is 11. The standard InChI is InChI=1S/C55H43NS/c1-2-8-37(9-3-1)39-19-25-44(26-20-39)56(46-29-31-50-49-11-5-7-13-53(49)57-54(50)34-46)45-27-21-40(22-28-45)38-15-17-41(18-16-38)42-23-30-48-47-10-4-6-12-51(47)55(52(48)33-42)35-36-14-24-43(55)32-36/h1-13,15-23,25-31,33-34,36,43,49,53H,14,24,32,35H2. The highest BCUT2D eigenvalue weighted by Crippen LogP contribution is 2.66. The van der Waals surface area contributed by atoms with Gasteiger partial charge in [0, 0.05) is 38.5 Å². The van der Waals surface area contributed by atoms with Crippen molar-refractivity contribution in [2.45, 2.75) is 47.2 Å². The molecule has 4 aliphatic carbocycles. The zero-order valence-corrected chi connectivity index (χ0v) is 32.7. The molecule has 2 bridgehead atoms. The molecule has 274 valence electrons. The number of anilines is 3. The average molecular weight is 750 g/mol. The minimum atomic E-state index is 0.204. The van der Waals surface area contributed by atoms with Crippen LogP contribution in [0.5, 0.6) is 0 Å². The maximum atomic E-state index is 2.56. The monoisotopic (exact) mass is 749 g/mol. The van der Waals surface area contributed by atoms with Crippen LogP contribution in [0.2, 0.25) is 0 Å². The summed E-state index contributed by atoms with van der Waals surface area (Å²) in [6, 6.07) is 61.7. The number of nitrogens with zero attached hydrogens (tertiary/aromatic N) is 1. The largest absolute Gasteiger partial charge is 0.310 e. The van der Waals surface area contributed by atoms with Gasteiger partial charge in [0.25, 0.3) is 0 Å². The summed E-state index contributed by atoms with van der Waals surface area (Å²) in [5.41, 5.74) is 18.8. The summed E-state index contributed by atoms with van der Waals surface area (Å²) in [6.07, 6.45) is 14.6. The van der Waals surface area contributed by atoms with Crippen molar-refractivity contribution in [2.75, 3.05) is 4.90 Å². The van der Waals surface area contributed by atoms with Crippen LogP contribution in [0.3, 0.4) is 0 Å². The molecule has 2 fully saturated rings. The Labute approximate surface area is 340 Å². The van der Waals surface area contributed by atoms with Crippen molar-refractivity contribution in [3.05, 3.63) is 205 Å². The molecule has 12 rings (SSSR count). The van der Waals surface area contributed by atoms with Gasteiger partial charge in [0.2, 0.25) is 0 Å². The summed E-state index contributed by atoms with van der Waals surface area (Å²) in [5, 5.41) is 0.475. The maximum absolute atomic E-state index is 2.56. The van der Waals surface area contributed by atoms with Crippen LogP contribution >= 0.6 is 11.8 Å².